The number of rotatable bonds is 7. The van der Waals surface area contributed by atoms with E-state index in [0.29, 0.717) is 16.6 Å². The van der Waals surface area contributed by atoms with E-state index in [2.05, 4.69) is 5.32 Å². The molecule has 0 unspecified atom stereocenters. The number of carbonyl (C=O) groups excluding carboxylic acids is 2. The zero-order valence-electron chi connectivity index (χ0n) is 17.2. The Labute approximate surface area is 188 Å². The van der Waals surface area contributed by atoms with Crippen molar-refractivity contribution in [2.24, 2.45) is 0 Å². The van der Waals surface area contributed by atoms with Gasteiger partial charge in [0.05, 0.1) is 16.5 Å². The van der Waals surface area contributed by atoms with Crippen LogP contribution in [0, 0.1) is 0 Å². The van der Waals surface area contributed by atoms with Gasteiger partial charge in [0.1, 0.15) is 6.04 Å². The SMILES string of the molecule is C[C@@H](C(=O)NC1CCCCC1)N(Cc1ccccc1)C(=O)Cc1ccc(Cl)c(Cl)c1. The van der Waals surface area contributed by atoms with Crippen LogP contribution in [0.1, 0.15) is 50.2 Å². The van der Waals surface area contributed by atoms with Gasteiger partial charge in [-0.3, -0.25) is 9.59 Å². The summed E-state index contributed by atoms with van der Waals surface area (Å²) in [5, 5.41) is 4.02. The molecule has 4 nitrogen and oxygen atoms in total. The lowest BCUT2D eigenvalue weighted by Crippen LogP contribution is -2.50. The smallest absolute Gasteiger partial charge is 0.242 e. The predicted octanol–water partition coefficient (Wildman–Crippen LogP) is 5.40. The van der Waals surface area contributed by atoms with Gasteiger partial charge in [0.2, 0.25) is 11.8 Å². The highest BCUT2D eigenvalue weighted by Gasteiger charge is 2.28. The Morgan fingerprint density at radius 1 is 1.00 bits per heavy atom. The summed E-state index contributed by atoms with van der Waals surface area (Å²) in [6.07, 6.45) is 5.68. The first-order chi connectivity index (χ1) is 14.4. The van der Waals surface area contributed by atoms with Gasteiger partial charge in [-0.1, -0.05) is 78.9 Å². The van der Waals surface area contributed by atoms with E-state index in [1.807, 2.05) is 30.3 Å². The highest BCUT2D eigenvalue weighted by Crippen LogP contribution is 2.24. The average molecular weight is 447 g/mol. The van der Waals surface area contributed by atoms with Gasteiger partial charge < -0.3 is 10.2 Å². The van der Waals surface area contributed by atoms with Crippen LogP contribution in [0.4, 0.5) is 0 Å². The topological polar surface area (TPSA) is 49.4 Å². The van der Waals surface area contributed by atoms with Crippen LogP contribution in [0.2, 0.25) is 10.0 Å². The number of nitrogens with one attached hydrogen (secondary N) is 1. The number of hydrogen-bond acceptors (Lipinski definition) is 2. The molecule has 2 aromatic carbocycles. The van der Waals surface area contributed by atoms with Crippen LogP contribution in [-0.4, -0.2) is 28.8 Å². The lowest BCUT2D eigenvalue weighted by molar-refractivity contribution is -0.140. The van der Waals surface area contributed by atoms with Crippen molar-refractivity contribution in [1.82, 2.24) is 10.2 Å². The van der Waals surface area contributed by atoms with E-state index in [9.17, 15) is 9.59 Å². The molecule has 0 heterocycles. The highest BCUT2D eigenvalue weighted by molar-refractivity contribution is 6.42. The lowest BCUT2D eigenvalue weighted by atomic mass is 9.95. The summed E-state index contributed by atoms with van der Waals surface area (Å²) in [7, 11) is 0. The number of benzene rings is 2. The summed E-state index contributed by atoms with van der Waals surface area (Å²) in [6, 6.07) is 14.6. The van der Waals surface area contributed by atoms with Crippen molar-refractivity contribution < 1.29 is 9.59 Å². The molecule has 6 heteroatoms. The number of halogens is 2. The van der Waals surface area contributed by atoms with Gasteiger partial charge in [-0.05, 0) is 43.0 Å². The molecular formula is C24H28Cl2N2O2. The highest BCUT2D eigenvalue weighted by atomic mass is 35.5. The van der Waals surface area contributed by atoms with E-state index in [-0.39, 0.29) is 24.3 Å². The van der Waals surface area contributed by atoms with Crippen molar-refractivity contribution in [3.05, 3.63) is 69.7 Å². The third-order valence-electron chi connectivity index (χ3n) is 5.65. The van der Waals surface area contributed by atoms with Crippen molar-refractivity contribution in [2.45, 2.75) is 64.1 Å². The van der Waals surface area contributed by atoms with Crippen LogP contribution in [0.25, 0.3) is 0 Å². The Kier molecular flexibility index (Phi) is 8.17. The third-order valence-corrected chi connectivity index (χ3v) is 6.39. The summed E-state index contributed by atoms with van der Waals surface area (Å²) < 4.78 is 0. The normalized spacial score (nSPS) is 15.4. The second kappa shape index (κ2) is 10.8. The van der Waals surface area contributed by atoms with Crippen molar-refractivity contribution in [1.29, 1.82) is 0 Å². The number of amides is 2. The molecule has 0 radical (unpaired) electrons. The third kappa shape index (κ3) is 6.23. The molecule has 1 aliphatic carbocycles. The molecule has 0 aliphatic heterocycles. The molecule has 1 N–H and O–H groups in total. The monoisotopic (exact) mass is 446 g/mol. The molecule has 1 saturated carbocycles. The minimum absolute atomic E-state index is 0.0969. The van der Waals surface area contributed by atoms with Crippen LogP contribution in [-0.2, 0) is 22.6 Å². The van der Waals surface area contributed by atoms with E-state index in [4.69, 9.17) is 23.2 Å². The molecule has 30 heavy (non-hydrogen) atoms. The second-order valence-electron chi connectivity index (χ2n) is 7.95. The summed E-state index contributed by atoms with van der Waals surface area (Å²) in [4.78, 5) is 27.8. The van der Waals surface area contributed by atoms with Gasteiger partial charge in [0.15, 0.2) is 0 Å². The summed E-state index contributed by atoms with van der Waals surface area (Å²) >= 11 is 12.1. The molecule has 160 valence electrons. The Bertz CT molecular complexity index is 867. The maximum absolute atomic E-state index is 13.2. The molecule has 2 aromatic rings. The molecule has 0 aromatic heterocycles. The standard InChI is InChI=1S/C24H28Cl2N2O2/c1-17(24(30)27-20-10-6-3-7-11-20)28(16-18-8-4-2-5-9-18)23(29)15-19-12-13-21(25)22(26)14-19/h2,4-5,8-9,12-14,17,20H,3,6-7,10-11,15-16H2,1H3,(H,27,30)/t17-/m0/s1. The number of carbonyl (C=O) groups is 2. The quantitative estimate of drug-likeness (QED) is 0.618. The lowest BCUT2D eigenvalue weighted by Gasteiger charge is -2.31. The first-order valence-electron chi connectivity index (χ1n) is 10.5. The van der Waals surface area contributed by atoms with Gasteiger partial charge in [0, 0.05) is 12.6 Å². The van der Waals surface area contributed by atoms with E-state index in [1.165, 1.54) is 6.42 Å². The maximum atomic E-state index is 13.2. The van der Waals surface area contributed by atoms with Crippen LogP contribution in [0.5, 0.6) is 0 Å². The van der Waals surface area contributed by atoms with Gasteiger partial charge in [-0.15, -0.1) is 0 Å². The first-order valence-corrected chi connectivity index (χ1v) is 11.3. The second-order valence-corrected chi connectivity index (χ2v) is 8.77. The molecule has 0 saturated heterocycles. The Balaban J connectivity index is 1.75. The van der Waals surface area contributed by atoms with Gasteiger partial charge >= 0.3 is 0 Å². The summed E-state index contributed by atoms with van der Waals surface area (Å²) in [5.74, 6) is -0.219. The number of nitrogens with zero attached hydrogens (tertiary/aromatic N) is 1. The minimum atomic E-state index is -0.567. The fourth-order valence-corrected chi connectivity index (χ4v) is 4.18. The maximum Gasteiger partial charge on any atom is 0.242 e. The Hall–Kier alpha value is -2.04. The fourth-order valence-electron chi connectivity index (χ4n) is 3.86. The van der Waals surface area contributed by atoms with Crippen LogP contribution >= 0.6 is 23.2 Å². The molecular weight excluding hydrogens is 419 g/mol. The van der Waals surface area contributed by atoms with Crippen molar-refractivity contribution in [2.75, 3.05) is 0 Å². The van der Waals surface area contributed by atoms with Gasteiger partial charge in [0.25, 0.3) is 0 Å². The first kappa shape index (κ1) is 22.6. The predicted molar refractivity (Wildman–Crippen MR) is 122 cm³/mol. The van der Waals surface area contributed by atoms with Crippen molar-refractivity contribution >= 4 is 35.0 Å². The molecule has 1 atom stereocenters. The molecule has 2 amide bonds. The average Bonchev–Trinajstić information content (AvgIpc) is 2.75. The summed E-state index contributed by atoms with van der Waals surface area (Å²) in [5.41, 5.74) is 1.75. The van der Waals surface area contributed by atoms with E-state index < -0.39 is 6.04 Å². The Morgan fingerprint density at radius 2 is 1.70 bits per heavy atom. The van der Waals surface area contributed by atoms with Crippen LogP contribution in [0.3, 0.4) is 0 Å². The van der Waals surface area contributed by atoms with Crippen molar-refractivity contribution in [3.8, 4) is 0 Å². The molecule has 0 bridgehead atoms. The molecule has 1 fully saturated rings. The van der Waals surface area contributed by atoms with Crippen LogP contribution < -0.4 is 5.32 Å². The van der Waals surface area contributed by atoms with Gasteiger partial charge in [-0.25, -0.2) is 0 Å². The van der Waals surface area contributed by atoms with E-state index >= 15 is 0 Å². The largest absolute Gasteiger partial charge is 0.352 e. The molecule has 1 aliphatic rings. The zero-order valence-corrected chi connectivity index (χ0v) is 18.8. The molecule has 0 spiro atoms. The Morgan fingerprint density at radius 3 is 2.37 bits per heavy atom. The fraction of sp³-hybridized carbons (Fsp3) is 0.417. The van der Waals surface area contributed by atoms with Gasteiger partial charge in [-0.2, -0.15) is 0 Å². The minimum Gasteiger partial charge on any atom is -0.352 e. The zero-order chi connectivity index (χ0) is 21.5. The summed E-state index contributed by atoms with van der Waals surface area (Å²) in [6.45, 7) is 2.17. The van der Waals surface area contributed by atoms with E-state index in [1.54, 1.807) is 30.0 Å². The van der Waals surface area contributed by atoms with Crippen molar-refractivity contribution in [3.63, 3.8) is 0 Å². The van der Waals surface area contributed by atoms with E-state index in [0.717, 1.165) is 36.8 Å². The van der Waals surface area contributed by atoms with Crippen LogP contribution in [0.15, 0.2) is 48.5 Å². The molecule has 3 rings (SSSR count). The number of hydrogen-bond donors (Lipinski definition) is 1.